The molecule has 9 heteroatoms. The summed E-state index contributed by atoms with van der Waals surface area (Å²) in [6, 6.07) is 14.7. The summed E-state index contributed by atoms with van der Waals surface area (Å²) in [6.07, 6.45) is 3.24. The molecule has 32 heavy (non-hydrogen) atoms. The SMILES string of the molecule is CC(=O)Nc1ccc(S(=O)(=O)NC2C(=O)c3ccccc3C(=O)C2[n+]2ccccc2)cc1. The van der Waals surface area contributed by atoms with Gasteiger partial charge in [-0.15, -0.1) is 0 Å². The Balaban J connectivity index is 1.73. The first kappa shape index (κ1) is 21.5. The van der Waals surface area contributed by atoms with E-state index in [1.54, 1.807) is 48.8 Å². The predicted molar refractivity (Wildman–Crippen MR) is 116 cm³/mol. The number of carbonyl (C=O) groups is 3. The lowest BCUT2D eigenvalue weighted by Crippen LogP contribution is -2.60. The summed E-state index contributed by atoms with van der Waals surface area (Å²) in [5.41, 5.74) is 0.875. The van der Waals surface area contributed by atoms with E-state index in [-0.39, 0.29) is 27.7 Å². The van der Waals surface area contributed by atoms with Crippen LogP contribution in [0.4, 0.5) is 5.69 Å². The van der Waals surface area contributed by atoms with Crippen LogP contribution in [0.3, 0.4) is 0 Å². The molecule has 1 amide bonds. The fraction of sp³-hybridized carbons (Fsp3) is 0.130. The summed E-state index contributed by atoms with van der Waals surface area (Å²) in [7, 11) is -4.15. The Labute approximate surface area is 185 Å². The van der Waals surface area contributed by atoms with Crippen LogP contribution >= 0.6 is 0 Å². The smallest absolute Gasteiger partial charge is 0.244 e. The average molecular weight is 450 g/mol. The van der Waals surface area contributed by atoms with Crippen LogP contribution in [0.1, 0.15) is 33.7 Å². The lowest BCUT2D eigenvalue weighted by Gasteiger charge is -2.27. The second-order valence-electron chi connectivity index (χ2n) is 7.35. The quantitative estimate of drug-likeness (QED) is 0.577. The van der Waals surface area contributed by atoms with E-state index in [4.69, 9.17) is 0 Å². The number of aromatic nitrogens is 1. The number of Topliss-reactive ketones (excluding diaryl/α,β-unsaturated/α-hetero) is 2. The van der Waals surface area contributed by atoms with Crippen molar-refractivity contribution >= 4 is 33.2 Å². The monoisotopic (exact) mass is 450 g/mol. The second-order valence-corrected chi connectivity index (χ2v) is 9.06. The number of amides is 1. The Kier molecular flexibility index (Phi) is 5.68. The summed E-state index contributed by atoms with van der Waals surface area (Å²) in [4.78, 5) is 37.7. The van der Waals surface area contributed by atoms with Gasteiger partial charge in [0.15, 0.2) is 24.2 Å². The van der Waals surface area contributed by atoms with Gasteiger partial charge in [-0.05, 0) is 24.3 Å². The average Bonchev–Trinajstić information content (AvgIpc) is 2.78. The van der Waals surface area contributed by atoms with Crippen molar-refractivity contribution in [2.75, 3.05) is 5.32 Å². The molecule has 1 aliphatic carbocycles. The minimum Gasteiger partial charge on any atom is -0.326 e. The molecule has 0 bridgehead atoms. The maximum atomic E-state index is 13.3. The summed E-state index contributed by atoms with van der Waals surface area (Å²) in [6.45, 7) is 1.34. The van der Waals surface area contributed by atoms with Crippen LogP contribution in [-0.4, -0.2) is 31.9 Å². The number of pyridine rings is 1. The molecule has 3 aromatic rings. The van der Waals surface area contributed by atoms with Gasteiger partial charge in [0.1, 0.15) is 0 Å². The molecule has 0 spiro atoms. The van der Waals surface area contributed by atoms with Gasteiger partial charge < -0.3 is 5.32 Å². The second kappa shape index (κ2) is 8.45. The number of benzene rings is 2. The fourth-order valence-corrected chi connectivity index (χ4v) is 4.91. The molecule has 4 rings (SSSR count). The predicted octanol–water partition coefficient (Wildman–Crippen LogP) is 1.90. The molecule has 1 aliphatic rings. The van der Waals surface area contributed by atoms with Crippen LogP contribution in [0.5, 0.6) is 0 Å². The standard InChI is InChI=1S/C23H19N3O5S/c1-15(27)24-16-9-11-17(12-10-16)32(30,31)25-20-21(26-13-5-2-6-14-26)23(29)19-8-4-3-7-18(19)22(20)28/h2-14,20-21,25H,1H3/p+1. The zero-order valence-electron chi connectivity index (χ0n) is 17.1. The Hall–Kier alpha value is -3.69. The molecule has 8 nitrogen and oxygen atoms in total. The van der Waals surface area contributed by atoms with Crippen molar-refractivity contribution in [3.63, 3.8) is 0 Å². The van der Waals surface area contributed by atoms with Gasteiger partial charge in [-0.2, -0.15) is 9.29 Å². The maximum Gasteiger partial charge on any atom is 0.244 e. The zero-order valence-corrected chi connectivity index (χ0v) is 17.9. The molecule has 0 fully saturated rings. The Morgan fingerprint density at radius 1 is 0.844 bits per heavy atom. The molecule has 1 aromatic heterocycles. The van der Waals surface area contributed by atoms with E-state index >= 15 is 0 Å². The van der Waals surface area contributed by atoms with E-state index in [2.05, 4.69) is 10.0 Å². The van der Waals surface area contributed by atoms with Crippen LogP contribution in [0.2, 0.25) is 0 Å². The van der Waals surface area contributed by atoms with Crippen molar-refractivity contribution in [1.29, 1.82) is 0 Å². The molecular formula is C23H20N3O5S+. The minimum absolute atomic E-state index is 0.0949. The third kappa shape index (κ3) is 4.08. The third-order valence-electron chi connectivity index (χ3n) is 5.15. The molecule has 2 unspecified atom stereocenters. The molecule has 162 valence electrons. The molecule has 0 aliphatic heterocycles. The normalized spacial score (nSPS) is 18.2. The molecular weight excluding hydrogens is 430 g/mol. The van der Waals surface area contributed by atoms with Gasteiger partial charge >= 0.3 is 0 Å². The lowest BCUT2D eigenvalue weighted by molar-refractivity contribution is -0.708. The maximum absolute atomic E-state index is 13.3. The number of fused-ring (bicyclic) bond motifs is 1. The van der Waals surface area contributed by atoms with Crippen LogP contribution in [-0.2, 0) is 14.8 Å². The number of anilines is 1. The van der Waals surface area contributed by atoms with Crippen molar-refractivity contribution in [3.8, 4) is 0 Å². The summed E-state index contributed by atoms with van der Waals surface area (Å²) in [5.74, 6) is -1.13. The largest absolute Gasteiger partial charge is 0.326 e. The number of hydrogen-bond donors (Lipinski definition) is 2. The van der Waals surface area contributed by atoms with Gasteiger partial charge in [-0.25, -0.2) is 8.42 Å². The van der Waals surface area contributed by atoms with Crippen LogP contribution in [0.15, 0.2) is 84.0 Å². The van der Waals surface area contributed by atoms with E-state index in [1.165, 1.54) is 41.8 Å². The van der Waals surface area contributed by atoms with Gasteiger partial charge in [0, 0.05) is 35.9 Å². The molecule has 2 N–H and O–H groups in total. The van der Waals surface area contributed by atoms with Crippen LogP contribution in [0, 0.1) is 0 Å². The zero-order chi connectivity index (χ0) is 22.9. The number of sulfonamides is 1. The first-order valence-electron chi connectivity index (χ1n) is 9.81. The van der Waals surface area contributed by atoms with E-state index in [0.29, 0.717) is 5.69 Å². The highest BCUT2D eigenvalue weighted by Gasteiger charge is 2.49. The highest BCUT2D eigenvalue weighted by molar-refractivity contribution is 7.89. The van der Waals surface area contributed by atoms with E-state index in [1.807, 2.05) is 0 Å². The van der Waals surface area contributed by atoms with Crippen molar-refractivity contribution in [2.24, 2.45) is 0 Å². The van der Waals surface area contributed by atoms with E-state index < -0.39 is 27.9 Å². The molecule has 1 heterocycles. The first-order valence-corrected chi connectivity index (χ1v) is 11.3. The Morgan fingerprint density at radius 3 is 2.03 bits per heavy atom. The highest BCUT2D eigenvalue weighted by atomic mass is 32.2. The molecule has 2 aromatic carbocycles. The van der Waals surface area contributed by atoms with Crippen LogP contribution < -0.4 is 14.6 Å². The topological polar surface area (TPSA) is 113 Å². The summed E-state index contributed by atoms with van der Waals surface area (Å²) < 4.78 is 30.2. The lowest BCUT2D eigenvalue weighted by atomic mass is 9.82. The number of carbonyl (C=O) groups excluding carboxylic acids is 3. The number of nitrogens with zero attached hydrogens (tertiary/aromatic N) is 1. The number of hydrogen-bond acceptors (Lipinski definition) is 5. The molecule has 0 radical (unpaired) electrons. The molecule has 0 saturated heterocycles. The van der Waals surface area contributed by atoms with Crippen molar-refractivity contribution < 1.29 is 27.4 Å². The Bertz CT molecular complexity index is 1300. The van der Waals surface area contributed by atoms with Gasteiger partial charge in [0.2, 0.25) is 27.8 Å². The van der Waals surface area contributed by atoms with E-state index in [0.717, 1.165) is 0 Å². The fourth-order valence-electron chi connectivity index (χ4n) is 3.71. The van der Waals surface area contributed by atoms with Gasteiger partial charge in [0.05, 0.1) is 4.90 Å². The van der Waals surface area contributed by atoms with Crippen molar-refractivity contribution in [2.45, 2.75) is 23.9 Å². The summed E-state index contributed by atoms with van der Waals surface area (Å²) >= 11 is 0. The van der Waals surface area contributed by atoms with Gasteiger partial charge in [-0.1, -0.05) is 30.3 Å². The van der Waals surface area contributed by atoms with Crippen LogP contribution in [0.25, 0.3) is 0 Å². The third-order valence-corrected chi connectivity index (χ3v) is 6.61. The molecule has 2 atom stereocenters. The Morgan fingerprint density at radius 2 is 1.44 bits per heavy atom. The summed E-state index contributed by atoms with van der Waals surface area (Å²) in [5, 5.41) is 2.56. The number of rotatable bonds is 5. The van der Waals surface area contributed by atoms with Crippen molar-refractivity contribution in [1.82, 2.24) is 4.72 Å². The molecule has 0 saturated carbocycles. The number of ketones is 2. The van der Waals surface area contributed by atoms with Gasteiger partial charge in [-0.3, -0.25) is 14.4 Å². The van der Waals surface area contributed by atoms with E-state index in [9.17, 15) is 22.8 Å². The minimum atomic E-state index is -4.15. The van der Waals surface area contributed by atoms with Crippen molar-refractivity contribution in [3.05, 3.63) is 90.3 Å². The highest BCUT2D eigenvalue weighted by Crippen LogP contribution is 2.27. The number of nitrogens with one attached hydrogen (secondary N) is 2. The van der Waals surface area contributed by atoms with Gasteiger partial charge in [0.25, 0.3) is 0 Å². The first-order chi connectivity index (χ1) is 15.3.